The van der Waals surface area contributed by atoms with Crippen LogP contribution in [-0.4, -0.2) is 53.3 Å². The molecular formula is C29H43N3O2. The molecule has 2 unspecified atom stereocenters. The monoisotopic (exact) mass is 465 g/mol. The van der Waals surface area contributed by atoms with Gasteiger partial charge in [-0.25, -0.2) is 0 Å². The van der Waals surface area contributed by atoms with Crippen LogP contribution in [-0.2, 0) is 16.1 Å². The number of benzene rings is 1. The van der Waals surface area contributed by atoms with Gasteiger partial charge in [0.25, 0.3) is 0 Å². The summed E-state index contributed by atoms with van der Waals surface area (Å²) in [6, 6.07) is 9.24. The average molecular weight is 466 g/mol. The lowest BCUT2D eigenvalue weighted by Gasteiger charge is -2.44. The van der Waals surface area contributed by atoms with Crippen molar-refractivity contribution in [1.29, 1.82) is 0 Å². The Labute approximate surface area is 205 Å². The van der Waals surface area contributed by atoms with Gasteiger partial charge in [0.05, 0.1) is 0 Å². The molecule has 1 aromatic rings. The Hall–Kier alpha value is -1.88. The van der Waals surface area contributed by atoms with Crippen LogP contribution in [0.25, 0.3) is 0 Å². The number of piperidine rings is 1. The second kappa shape index (κ2) is 10.8. The Kier molecular flexibility index (Phi) is 7.58. The Morgan fingerprint density at radius 2 is 1.65 bits per heavy atom. The molecule has 5 heteroatoms. The maximum atomic E-state index is 13.7. The Balaban J connectivity index is 1.43. The zero-order chi connectivity index (χ0) is 23.5. The third-order valence-electron chi connectivity index (χ3n) is 8.91. The van der Waals surface area contributed by atoms with E-state index in [0.717, 1.165) is 49.0 Å². The Morgan fingerprint density at radius 3 is 2.41 bits per heavy atom. The van der Waals surface area contributed by atoms with E-state index in [0.29, 0.717) is 31.0 Å². The molecule has 5 rings (SSSR count). The van der Waals surface area contributed by atoms with Crippen LogP contribution in [0, 0.1) is 11.8 Å². The molecule has 4 aliphatic rings. The fourth-order valence-corrected chi connectivity index (χ4v) is 6.75. The van der Waals surface area contributed by atoms with E-state index >= 15 is 0 Å². The van der Waals surface area contributed by atoms with Crippen molar-refractivity contribution in [3.63, 3.8) is 0 Å². The highest BCUT2D eigenvalue weighted by molar-refractivity contribution is 5.92. The van der Waals surface area contributed by atoms with E-state index < -0.39 is 0 Å². The smallest absolute Gasteiger partial charge is 0.223 e. The lowest BCUT2D eigenvalue weighted by Crippen LogP contribution is -2.53. The number of nitrogens with zero attached hydrogens (tertiary/aromatic N) is 3. The van der Waals surface area contributed by atoms with E-state index in [1.165, 1.54) is 64.3 Å². The van der Waals surface area contributed by atoms with Gasteiger partial charge in [-0.1, -0.05) is 50.3 Å². The van der Waals surface area contributed by atoms with Gasteiger partial charge in [0.2, 0.25) is 11.8 Å². The molecule has 5 nitrogen and oxygen atoms in total. The van der Waals surface area contributed by atoms with Crippen LogP contribution in [0.4, 0.5) is 5.69 Å². The van der Waals surface area contributed by atoms with Crippen molar-refractivity contribution in [3.05, 3.63) is 29.8 Å². The second-order valence-electron chi connectivity index (χ2n) is 11.4. The molecule has 1 saturated heterocycles. The summed E-state index contributed by atoms with van der Waals surface area (Å²) in [6.45, 7) is 5.07. The average Bonchev–Trinajstić information content (AvgIpc) is 3.49. The molecule has 2 heterocycles. The maximum Gasteiger partial charge on any atom is 0.223 e. The summed E-state index contributed by atoms with van der Waals surface area (Å²) in [5, 5.41) is 0. The van der Waals surface area contributed by atoms with E-state index in [1.807, 2.05) is 11.0 Å². The second-order valence-corrected chi connectivity index (χ2v) is 11.4. The van der Waals surface area contributed by atoms with Crippen molar-refractivity contribution < 1.29 is 9.59 Å². The first-order valence-corrected chi connectivity index (χ1v) is 14.0. The van der Waals surface area contributed by atoms with Crippen LogP contribution >= 0.6 is 0 Å². The number of carbonyl (C=O) groups is 2. The zero-order valence-electron chi connectivity index (χ0n) is 21.1. The van der Waals surface area contributed by atoms with Crippen molar-refractivity contribution in [2.75, 3.05) is 24.5 Å². The predicted molar refractivity (Wildman–Crippen MR) is 137 cm³/mol. The van der Waals surface area contributed by atoms with E-state index in [9.17, 15) is 9.59 Å². The van der Waals surface area contributed by atoms with Gasteiger partial charge in [0, 0.05) is 57.3 Å². The quantitative estimate of drug-likeness (QED) is 0.587. The number of carbonyl (C=O) groups excluding carboxylic acids is 2. The number of amides is 2. The molecule has 186 valence electrons. The summed E-state index contributed by atoms with van der Waals surface area (Å²) in [4.78, 5) is 33.3. The molecule has 2 aliphatic carbocycles. The highest BCUT2D eigenvalue weighted by Crippen LogP contribution is 2.36. The molecule has 0 aromatic heterocycles. The highest BCUT2D eigenvalue weighted by Gasteiger charge is 2.37. The molecule has 2 bridgehead atoms. The molecule has 2 atom stereocenters. The van der Waals surface area contributed by atoms with E-state index in [4.69, 9.17) is 0 Å². The lowest BCUT2D eigenvalue weighted by atomic mass is 9.92. The molecular weight excluding hydrogens is 422 g/mol. The third kappa shape index (κ3) is 5.67. The molecule has 2 amide bonds. The SMILES string of the molecule is CC(=O)N1CCC2CCCC(CN(C(=O)CCC3CCCC3)Cc3ccccc31)N2CC1CC1. The molecule has 34 heavy (non-hydrogen) atoms. The lowest BCUT2D eigenvalue weighted by molar-refractivity contribution is -0.133. The Bertz CT molecular complexity index is 861. The number of rotatable bonds is 5. The van der Waals surface area contributed by atoms with Crippen LogP contribution in [0.3, 0.4) is 0 Å². The summed E-state index contributed by atoms with van der Waals surface area (Å²) in [6.07, 6.45) is 14.3. The van der Waals surface area contributed by atoms with Gasteiger partial charge in [-0.15, -0.1) is 0 Å². The third-order valence-corrected chi connectivity index (χ3v) is 8.91. The first kappa shape index (κ1) is 23.8. The van der Waals surface area contributed by atoms with Crippen LogP contribution in [0.5, 0.6) is 0 Å². The van der Waals surface area contributed by atoms with Gasteiger partial charge < -0.3 is 9.80 Å². The molecule has 2 aliphatic heterocycles. The number of fused-ring (bicyclic) bond motifs is 3. The topological polar surface area (TPSA) is 43.9 Å². The summed E-state index contributed by atoms with van der Waals surface area (Å²) >= 11 is 0. The van der Waals surface area contributed by atoms with Crippen LogP contribution < -0.4 is 4.90 Å². The van der Waals surface area contributed by atoms with Crippen molar-refractivity contribution in [2.45, 2.75) is 103 Å². The van der Waals surface area contributed by atoms with Crippen molar-refractivity contribution >= 4 is 17.5 Å². The van der Waals surface area contributed by atoms with Crippen molar-refractivity contribution in [3.8, 4) is 0 Å². The number of hydrogen-bond acceptors (Lipinski definition) is 3. The molecule has 0 N–H and O–H groups in total. The van der Waals surface area contributed by atoms with Gasteiger partial charge in [0.15, 0.2) is 0 Å². The zero-order valence-corrected chi connectivity index (χ0v) is 21.1. The van der Waals surface area contributed by atoms with Crippen LogP contribution in [0.2, 0.25) is 0 Å². The number of hydrogen-bond donors (Lipinski definition) is 0. The molecule has 0 spiro atoms. The summed E-state index contributed by atoms with van der Waals surface area (Å²) in [5.41, 5.74) is 2.10. The maximum absolute atomic E-state index is 13.7. The molecule has 0 radical (unpaired) electrons. The standard InChI is InChI=1S/C29H43N3O2/c1-22(33)31-18-17-26-10-6-11-27(32(26)19-24-13-14-24)21-30(20-25-9-4-5-12-28(25)31)29(34)16-15-23-7-2-3-8-23/h4-5,9,12,23-24,26-27H,2-3,6-8,10-11,13-21H2,1H3. The van der Waals surface area contributed by atoms with Crippen molar-refractivity contribution in [1.82, 2.24) is 9.80 Å². The van der Waals surface area contributed by atoms with Crippen LogP contribution in [0.15, 0.2) is 24.3 Å². The number of para-hydroxylation sites is 1. The fourth-order valence-electron chi connectivity index (χ4n) is 6.75. The molecule has 2 saturated carbocycles. The minimum Gasteiger partial charge on any atom is -0.337 e. The van der Waals surface area contributed by atoms with Crippen LogP contribution in [0.1, 0.15) is 89.5 Å². The van der Waals surface area contributed by atoms with Gasteiger partial charge in [-0.2, -0.15) is 0 Å². The molecule has 1 aromatic carbocycles. The fraction of sp³-hybridized carbons (Fsp3) is 0.724. The minimum atomic E-state index is 0.104. The predicted octanol–water partition coefficient (Wildman–Crippen LogP) is 5.38. The Morgan fingerprint density at radius 1 is 0.882 bits per heavy atom. The normalized spacial score (nSPS) is 26.7. The summed E-state index contributed by atoms with van der Waals surface area (Å²) in [7, 11) is 0. The number of anilines is 1. The van der Waals surface area contributed by atoms with E-state index in [-0.39, 0.29) is 5.91 Å². The molecule has 3 fully saturated rings. The van der Waals surface area contributed by atoms with Gasteiger partial charge in [-0.05, 0) is 62.0 Å². The first-order chi connectivity index (χ1) is 16.6. The van der Waals surface area contributed by atoms with Gasteiger partial charge in [-0.3, -0.25) is 14.5 Å². The van der Waals surface area contributed by atoms with Crippen molar-refractivity contribution in [2.24, 2.45) is 11.8 Å². The largest absolute Gasteiger partial charge is 0.337 e. The summed E-state index contributed by atoms with van der Waals surface area (Å²) < 4.78 is 0. The van der Waals surface area contributed by atoms with Gasteiger partial charge >= 0.3 is 0 Å². The van der Waals surface area contributed by atoms with E-state index in [2.05, 4.69) is 28.0 Å². The minimum absolute atomic E-state index is 0.104. The first-order valence-electron chi connectivity index (χ1n) is 14.0. The summed E-state index contributed by atoms with van der Waals surface area (Å²) in [5.74, 6) is 1.98. The highest BCUT2D eigenvalue weighted by atomic mass is 16.2. The van der Waals surface area contributed by atoms with E-state index in [1.54, 1.807) is 6.92 Å². The van der Waals surface area contributed by atoms with Gasteiger partial charge in [0.1, 0.15) is 0 Å².